The Morgan fingerprint density at radius 1 is 1.50 bits per heavy atom. The number of hydrogen-bond acceptors (Lipinski definition) is 5. The standard InChI is InChI=1S/C12H10N2O6/c1-7-8(4-10(20-7)12(16)17)5-13-6-9(14(18)19)2-3-11(13)15/h2-4,6H,5H2,1H3,(H,16,17). The lowest BCUT2D eigenvalue weighted by Crippen LogP contribution is -2.19. The van der Waals surface area contributed by atoms with Gasteiger partial charge in [0.15, 0.2) is 0 Å². The van der Waals surface area contributed by atoms with Gasteiger partial charge in [0.1, 0.15) is 5.76 Å². The molecule has 0 aliphatic carbocycles. The SMILES string of the molecule is Cc1oc(C(=O)O)cc1Cn1cc([N+](=O)[O-])ccc1=O. The monoisotopic (exact) mass is 278 g/mol. The lowest BCUT2D eigenvalue weighted by molar-refractivity contribution is -0.385. The van der Waals surface area contributed by atoms with Crippen LogP contribution in [0, 0.1) is 17.0 Å². The van der Waals surface area contributed by atoms with E-state index >= 15 is 0 Å². The number of pyridine rings is 1. The van der Waals surface area contributed by atoms with Gasteiger partial charge in [0.05, 0.1) is 17.7 Å². The molecule has 0 saturated heterocycles. The average Bonchev–Trinajstić information content (AvgIpc) is 2.73. The molecule has 1 N–H and O–H groups in total. The molecule has 0 fully saturated rings. The molecule has 20 heavy (non-hydrogen) atoms. The Labute approximate surface area is 112 Å². The zero-order valence-corrected chi connectivity index (χ0v) is 10.4. The number of aromatic nitrogens is 1. The third-order valence-electron chi connectivity index (χ3n) is 2.75. The first kappa shape index (κ1) is 13.5. The van der Waals surface area contributed by atoms with E-state index in [1.165, 1.54) is 6.07 Å². The van der Waals surface area contributed by atoms with Crippen molar-refractivity contribution in [3.05, 3.63) is 61.9 Å². The number of carbonyl (C=O) groups is 1. The van der Waals surface area contributed by atoms with E-state index in [0.29, 0.717) is 11.3 Å². The highest BCUT2D eigenvalue weighted by Crippen LogP contribution is 2.16. The van der Waals surface area contributed by atoms with E-state index in [0.717, 1.165) is 22.9 Å². The molecule has 0 bridgehead atoms. The van der Waals surface area contributed by atoms with Crippen LogP contribution < -0.4 is 5.56 Å². The van der Waals surface area contributed by atoms with Crippen molar-refractivity contribution < 1.29 is 19.2 Å². The molecule has 2 aromatic heterocycles. The Balaban J connectivity index is 2.39. The Bertz CT molecular complexity index is 743. The number of aromatic carboxylic acids is 1. The zero-order valence-electron chi connectivity index (χ0n) is 10.4. The number of carboxylic acid groups (broad SMARTS) is 1. The molecule has 8 nitrogen and oxygen atoms in total. The fourth-order valence-electron chi connectivity index (χ4n) is 1.72. The van der Waals surface area contributed by atoms with Gasteiger partial charge in [0.25, 0.3) is 11.2 Å². The van der Waals surface area contributed by atoms with Crippen LogP contribution in [0.15, 0.2) is 33.6 Å². The topological polar surface area (TPSA) is 116 Å². The fourth-order valence-corrected chi connectivity index (χ4v) is 1.72. The van der Waals surface area contributed by atoms with Crippen molar-refractivity contribution >= 4 is 11.7 Å². The molecule has 0 radical (unpaired) electrons. The number of aryl methyl sites for hydroxylation is 1. The third-order valence-corrected chi connectivity index (χ3v) is 2.75. The molecule has 0 aliphatic rings. The maximum Gasteiger partial charge on any atom is 0.371 e. The van der Waals surface area contributed by atoms with Crippen LogP contribution in [-0.2, 0) is 6.54 Å². The Kier molecular flexibility index (Phi) is 3.38. The van der Waals surface area contributed by atoms with Crippen LogP contribution in [0.25, 0.3) is 0 Å². The summed E-state index contributed by atoms with van der Waals surface area (Å²) in [6.45, 7) is 1.56. The van der Waals surface area contributed by atoms with Crippen LogP contribution in [0.2, 0.25) is 0 Å². The predicted molar refractivity (Wildman–Crippen MR) is 66.9 cm³/mol. The molecule has 0 unspecified atom stereocenters. The van der Waals surface area contributed by atoms with Gasteiger partial charge < -0.3 is 14.1 Å². The van der Waals surface area contributed by atoms with Gasteiger partial charge in [-0.1, -0.05) is 0 Å². The average molecular weight is 278 g/mol. The molecule has 0 aromatic carbocycles. The van der Waals surface area contributed by atoms with Crippen LogP contribution in [-0.4, -0.2) is 20.6 Å². The summed E-state index contributed by atoms with van der Waals surface area (Å²) < 4.78 is 6.14. The molecular weight excluding hydrogens is 268 g/mol. The van der Waals surface area contributed by atoms with Gasteiger partial charge in [0, 0.05) is 17.7 Å². The minimum Gasteiger partial charge on any atom is -0.475 e. The highest BCUT2D eigenvalue weighted by atomic mass is 16.6. The highest BCUT2D eigenvalue weighted by Gasteiger charge is 2.15. The van der Waals surface area contributed by atoms with Crippen LogP contribution in [0.4, 0.5) is 5.69 Å². The smallest absolute Gasteiger partial charge is 0.371 e. The number of nitro groups is 1. The number of carboxylic acids is 1. The summed E-state index contributed by atoms with van der Waals surface area (Å²) in [4.78, 5) is 32.5. The maximum absolute atomic E-state index is 11.6. The number of furan rings is 1. The summed E-state index contributed by atoms with van der Waals surface area (Å²) >= 11 is 0. The molecule has 0 spiro atoms. The molecule has 2 heterocycles. The molecular formula is C12H10N2O6. The fraction of sp³-hybridized carbons (Fsp3) is 0.167. The lowest BCUT2D eigenvalue weighted by atomic mass is 10.2. The second kappa shape index (κ2) is 5.00. The molecule has 8 heteroatoms. The van der Waals surface area contributed by atoms with Gasteiger partial charge in [-0.15, -0.1) is 0 Å². The first-order valence-corrected chi connectivity index (χ1v) is 5.56. The number of hydrogen-bond donors (Lipinski definition) is 1. The quantitative estimate of drug-likeness (QED) is 0.667. The van der Waals surface area contributed by atoms with E-state index < -0.39 is 16.5 Å². The van der Waals surface area contributed by atoms with Crippen molar-refractivity contribution in [1.29, 1.82) is 0 Å². The first-order valence-electron chi connectivity index (χ1n) is 5.56. The predicted octanol–water partition coefficient (Wildman–Crippen LogP) is 1.40. The van der Waals surface area contributed by atoms with Crippen molar-refractivity contribution in [2.75, 3.05) is 0 Å². The van der Waals surface area contributed by atoms with Crippen LogP contribution in [0.3, 0.4) is 0 Å². The molecule has 0 saturated carbocycles. The molecule has 2 aromatic rings. The Morgan fingerprint density at radius 3 is 2.75 bits per heavy atom. The van der Waals surface area contributed by atoms with Crippen molar-refractivity contribution in [2.24, 2.45) is 0 Å². The van der Waals surface area contributed by atoms with Crippen LogP contribution >= 0.6 is 0 Å². The van der Waals surface area contributed by atoms with Gasteiger partial charge >= 0.3 is 5.97 Å². The highest BCUT2D eigenvalue weighted by molar-refractivity contribution is 5.84. The summed E-state index contributed by atoms with van der Waals surface area (Å²) in [5, 5.41) is 19.5. The summed E-state index contributed by atoms with van der Waals surface area (Å²) in [6, 6.07) is 3.50. The summed E-state index contributed by atoms with van der Waals surface area (Å²) in [5.41, 5.74) is -0.165. The summed E-state index contributed by atoms with van der Waals surface area (Å²) in [7, 11) is 0. The summed E-state index contributed by atoms with van der Waals surface area (Å²) in [5.74, 6) is -1.11. The number of nitrogens with zero attached hydrogens (tertiary/aromatic N) is 2. The summed E-state index contributed by atoms with van der Waals surface area (Å²) in [6.07, 6.45) is 1.11. The van der Waals surface area contributed by atoms with E-state index in [9.17, 15) is 19.7 Å². The first-order chi connectivity index (χ1) is 9.38. The van der Waals surface area contributed by atoms with Gasteiger partial charge in [-0.3, -0.25) is 14.9 Å². The van der Waals surface area contributed by atoms with E-state index in [1.54, 1.807) is 6.92 Å². The third kappa shape index (κ3) is 2.58. The van der Waals surface area contributed by atoms with E-state index in [4.69, 9.17) is 9.52 Å². The largest absolute Gasteiger partial charge is 0.475 e. The van der Waals surface area contributed by atoms with Crippen molar-refractivity contribution in [1.82, 2.24) is 4.57 Å². The Morgan fingerprint density at radius 2 is 2.20 bits per heavy atom. The maximum atomic E-state index is 11.6. The van der Waals surface area contributed by atoms with Crippen LogP contribution in [0.1, 0.15) is 21.9 Å². The normalized spacial score (nSPS) is 10.4. The molecule has 2 rings (SSSR count). The molecule has 0 amide bonds. The van der Waals surface area contributed by atoms with E-state index in [-0.39, 0.29) is 18.0 Å². The molecule has 0 aliphatic heterocycles. The number of rotatable bonds is 4. The van der Waals surface area contributed by atoms with Gasteiger partial charge in [-0.2, -0.15) is 0 Å². The minimum atomic E-state index is -1.22. The van der Waals surface area contributed by atoms with Crippen molar-refractivity contribution in [2.45, 2.75) is 13.5 Å². The second-order valence-electron chi connectivity index (χ2n) is 4.11. The van der Waals surface area contributed by atoms with Gasteiger partial charge in [-0.25, -0.2) is 4.79 Å². The van der Waals surface area contributed by atoms with Crippen molar-refractivity contribution in [3.63, 3.8) is 0 Å². The molecule has 0 atom stereocenters. The van der Waals surface area contributed by atoms with E-state index in [1.807, 2.05) is 0 Å². The van der Waals surface area contributed by atoms with Crippen LogP contribution in [0.5, 0.6) is 0 Å². The second-order valence-corrected chi connectivity index (χ2v) is 4.11. The lowest BCUT2D eigenvalue weighted by Gasteiger charge is -2.03. The van der Waals surface area contributed by atoms with Gasteiger partial charge in [-0.05, 0) is 13.0 Å². The minimum absolute atomic E-state index is 0.00310. The van der Waals surface area contributed by atoms with Crippen molar-refractivity contribution in [3.8, 4) is 0 Å². The Hall–Kier alpha value is -2.90. The molecule has 104 valence electrons. The van der Waals surface area contributed by atoms with Gasteiger partial charge in [0.2, 0.25) is 5.76 Å². The van der Waals surface area contributed by atoms with E-state index in [2.05, 4.69) is 0 Å². The zero-order chi connectivity index (χ0) is 14.9.